The zero-order chi connectivity index (χ0) is 9.84. The summed E-state index contributed by atoms with van der Waals surface area (Å²) in [5.74, 6) is -0.0662. The molecule has 4 nitrogen and oxygen atoms in total. The lowest BCUT2D eigenvalue weighted by atomic mass is 10.3. The van der Waals surface area contributed by atoms with Crippen LogP contribution in [0.5, 0.6) is 0 Å². The Bertz CT molecular complexity index is 268. The summed E-state index contributed by atoms with van der Waals surface area (Å²) in [6.07, 6.45) is 3.64. The van der Waals surface area contributed by atoms with Crippen molar-refractivity contribution in [2.24, 2.45) is 0 Å². The second-order valence-electron chi connectivity index (χ2n) is 2.82. The van der Waals surface area contributed by atoms with Gasteiger partial charge in [0.2, 0.25) is 0 Å². The van der Waals surface area contributed by atoms with Gasteiger partial charge in [0, 0.05) is 18.4 Å². The maximum atomic E-state index is 11.4. The van der Waals surface area contributed by atoms with Gasteiger partial charge < -0.3 is 5.32 Å². The molecular weight excluding hydrogens is 166 g/mol. The Morgan fingerprint density at radius 1 is 1.69 bits per heavy atom. The smallest absolute Gasteiger partial charge is 0.273 e. The van der Waals surface area contributed by atoms with Crippen molar-refractivity contribution in [3.8, 4) is 0 Å². The van der Waals surface area contributed by atoms with Crippen LogP contribution in [0.4, 0.5) is 0 Å². The van der Waals surface area contributed by atoms with E-state index in [4.69, 9.17) is 0 Å². The molecule has 0 fully saturated rings. The third-order valence-corrected chi connectivity index (χ3v) is 1.73. The van der Waals surface area contributed by atoms with E-state index >= 15 is 0 Å². The second-order valence-corrected chi connectivity index (χ2v) is 2.82. The van der Waals surface area contributed by atoms with Crippen LogP contribution in [-0.2, 0) is 4.79 Å². The monoisotopic (exact) mass is 181 g/mol. The van der Waals surface area contributed by atoms with Gasteiger partial charge >= 0.3 is 0 Å². The van der Waals surface area contributed by atoms with E-state index in [1.807, 2.05) is 27.0 Å². The number of hydrazine groups is 1. The van der Waals surface area contributed by atoms with Crippen LogP contribution in [0.3, 0.4) is 0 Å². The predicted molar refractivity (Wildman–Crippen MR) is 51.2 cm³/mol. The van der Waals surface area contributed by atoms with E-state index in [0.717, 1.165) is 12.2 Å². The zero-order valence-electron chi connectivity index (χ0n) is 8.22. The van der Waals surface area contributed by atoms with E-state index in [1.54, 1.807) is 11.1 Å². The van der Waals surface area contributed by atoms with Crippen molar-refractivity contribution in [2.75, 3.05) is 6.54 Å². The average Bonchev–Trinajstić information content (AvgIpc) is 2.04. The minimum atomic E-state index is -0.0662. The van der Waals surface area contributed by atoms with Gasteiger partial charge in [-0.25, -0.2) is 5.43 Å². The summed E-state index contributed by atoms with van der Waals surface area (Å²) in [4.78, 5) is 11.4. The SMILES string of the molecule is CC=C1C(=O)NC(C)=CN1NCC. The standard InChI is InChI=1S/C9H15N3O/c1-4-8-9(13)11-7(3)6-12(8)10-5-2/h4,6,10H,5H2,1-3H3,(H,11,13). The molecule has 0 saturated carbocycles. The maximum Gasteiger partial charge on any atom is 0.273 e. The number of hydrogen-bond donors (Lipinski definition) is 2. The van der Waals surface area contributed by atoms with Crippen molar-refractivity contribution in [3.63, 3.8) is 0 Å². The summed E-state index contributed by atoms with van der Waals surface area (Å²) in [6, 6.07) is 0. The first-order valence-corrected chi connectivity index (χ1v) is 4.37. The Labute approximate surface area is 78.3 Å². The summed E-state index contributed by atoms with van der Waals surface area (Å²) in [6.45, 7) is 6.47. The quantitative estimate of drug-likeness (QED) is 0.617. The number of nitrogens with one attached hydrogen (secondary N) is 2. The molecule has 13 heavy (non-hydrogen) atoms. The lowest BCUT2D eigenvalue weighted by Gasteiger charge is -2.27. The van der Waals surface area contributed by atoms with Crippen molar-refractivity contribution in [1.29, 1.82) is 0 Å². The molecule has 0 aliphatic carbocycles. The van der Waals surface area contributed by atoms with Crippen LogP contribution in [0.25, 0.3) is 0 Å². The number of hydrogen-bond acceptors (Lipinski definition) is 3. The Morgan fingerprint density at radius 3 is 2.92 bits per heavy atom. The lowest BCUT2D eigenvalue weighted by molar-refractivity contribution is -0.118. The van der Waals surface area contributed by atoms with E-state index in [-0.39, 0.29) is 5.91 Å². The van der Waals surface area contributed by atoms with E-state index in [1.165, 1.54) is 0 Å². The Balaban J connectivity index is 2.88. The number of allylic oxidation sites excluding steroid dienone is 2. The highest BCUT2D eigenvalue weighted by atomic mass is 16.2. The first-order valence-electron chi connectivity index (χ1n) is 4.37. The average molecular weight is 181 g/mol. The van der Waals surface area contributed by atoms with Gasteiger partial charge in [0.15, 0.2) is 0 Å². The Morgan fingerprint density at radius 2 is 2.38 bits per heavy atom. The molecule has 0 aromatic carbocycles. The zero-order valence-corrected chi connectivity index (χ0v) is 8.22. The molecule has 4 heteroatoms. The summed E-state index contributed by atoms with van der Waals surface area (Å²) >= 11 is 0. The molecular formula is C9H15N3O. The first-order chi connectivity index (χ1) is 6.19. The third-order valence-electron chi connectivity index (χ3n) is 1.73. The molecule has 72 valence electrons. The first kappa shape index (κ1) is 9.80. The van der Waals surface area contributed by atoms with Gasteiger partial charge in [-0.3, -0.25) is 9.80 Å². The molecule has 0 bridgehead atoms. The Kier molecular flexibility index (Phi) is 3.08. The molecule has 0 unspecified atom stereocenters. The number of carbonyl (C=O) groups is 1. The van der Waals surface area contributed by atoms with Crippen LogP contribution < -0.4 is 10.7 Å². The molecule has 2 N–H and O–H groups in total. The van der Waals surface area contributed by atoms with Crippen LogP contribution >= 0.6 is 0 Å². The highest BCUT2D eigenvalue weighted by Gasteiger charge is 2.19. The van der Waals surface area contributed by atoms with Gasteiger partial charge in [0.25, 0.3) is 5.91 Å². The maximum absolute atomic E-state index is 11.4. The number of carbonyl (C=O) groups excluding carboxylic acids is 1. The fraction of sp³-hybridized carbons (Fsp3) is 0.444. The van der Waals surface area contributed by atoms with Crippen LogP contribution in [0.1, 0.15) is 20.8 Å². The number of rotatable bonds is 2. The van der Waals surface area contributed by atoms with E-state index in [9.17, 15) is 4.79 Å². The lowest BCUT2D eigenvalue weighted by Crippen LogP contribution is -2.43. The van der Waals surface area contributed by atoms with Crippen LogP contribution in [-0.4, -0.2) is 17.5 Å². The Hall–Kier alpha value is -1.29. The molecule has 0 aromatic heterocycles. The minimum Gasteiger partial charge on any atom is -0.323 e. The molecule has 1 aliphatic heterocycles. The summed E-state index contributed by atoms with van der Waals surface area (Å²) in [7, 11) is 0. The highest BCUT2D eigenvalue weighted by molar-refractivity contribution is 5.94. The fourth-order valence-corrected chi connectivity index (χ4v) is 1.22. The highest BCUT2D eigenvalue weighted by Crippen LogP contribution is 2.09. The fourth-order valence-electron chi connectivity index (χ4n) is 1.22. The molecule has 0 saturated heterocycles. The number of amides is 1. The van der Waals surface area contributed by atoms with Crippen LogP contribution in [0.15, 0.2) is 23.7 Å². The molecule has 0 aromatic rings. The van der Waals surface area contributed by atoms with E-state index in [0.29, 0.717) is 5.70 Å². The normalized spacial score (nSPS) is 20.2. The van der Waals surface area contributed by atoms with Gasteiger partial charge in [-0.05, 0) is 13.8 Å². The molecule has 1 heterocycles. The van der Waals surface area contributed by atoms with E-state index in [2.05, 4.69) is 10.7 Å². The molecule has 0 atom stereocenters. The summed E-state index contributed by atoms with van der Waals surface area (Å²) < 4.78 is 0. The van der Waals surface area contributed by atoms with Crippen molar-refractivity contribution in [1.82, 2.24) is 15.8 Å². The van der Waals surface area contributed by atoms with Gasteiger partial charge in [-0.2, -0.15) is 0 Å². The van der Waals surface area contributed by atoms with Crippen molar-refractivity contribution in [3.05, 3.63) is 23.7 Å². The summed E-state index contributed by atoms with van der Waals surface area (Å²) in [5.41, 5.74) is 4.55. The van der Waals surface area contributed by atoms with E-state index < -0.39 is 0 Å². The van der Waals surface area contributed by atoms with Gasteiger partial charge in [0.1, 0.15) is 5.70 Å². The third kappa shape index (κ3) is 2.09. The van der Waals surface area contributed by atoms with Crippen molar-refractivity contribution >= 4 is 5.91 Å². The predicted octanol–water partition coefficient (Wildman–Crippen LogP) is 0.708. The topological polar surface area (TPSA) is 44.4 Å². The molecule has 1 amide bonds. The molecule has 1 rings (SSSR count). The second kappa shape index (κ2) is 4.09. The van der Waals surface area contributed by atoms with Crippen LogP contribution in [0, 0.1) is 0 Å². The van der Waals surface area contributed by atoms with Crippen molar-refractivity contribution < 1.29 is 4.79 Å². The minimum absolute atomic E-state index is 0.0662. The van der Waals surface area contributed by atoms with Gasteiger partial charge in [-0.15, -0.1) is 0 Å². The molecule has 0 radical (unpaired) electrons. The molecule has 0 spiro atoms. The van der Waals surface area contributed by atoms with Gasteiger partial charge in [-0.1, -0.05) is 13.0 Å². The van der Waals surface area contributed by atoms with Crippen molar-refractivity contribution in [2.45, 2.75) is 20.8 Å². The summed E-state index contributed by atoms with van der Waals surface area (Å²) in [5, 5.41) is 4.49. The largest absolute Gasteiger partial charge is 0.323 e. The van der Waals surface area contributed by atoms with Gasteiger partial charge in [0.05, 0.1) is 0 Å². The molecule has 1 aliphatic rings. The number of nitrogens with zero attached hydrogens (tertiary/aromatic N) is 1. The van der Waals surface area contributed by atoms with Crippen LogP contribution in [0.2, 0.25) is 0 Å².